The van der Waals surface area contributed by atoms with Crippen molar-refractivity contribution in [3.8, 4) is 0 Å². The standard InChI is InChI=1S/C18H25N5O2/c1-12(24)20-16-11-23(10-14(16)13-4-5-13)17-9-19-8-15(21-17)18(25)22-6-2-3-7-22/h8-9,13-14,16H,2-7,10-11H2,1H3,(H,20,24)/t14-,16+/m0/s1. The van der Waals surface area contributed by atoms with Crippen molar-refractivity contribution in [2.45, 2.75) is 38.6 Å². The van der Waals surface area contributed by atoms with Crippen LogP contribution in [0, 0.1) is 11.8 Å². The Kier molecular flexibility index (Phi) is 4.31. The summed E-state index contributed by atoms with van der Waals surface area (Å²) in [6.45, 7) is 4.79. The van der Waals surface area contributed by atoms with Crippen molar-refractivity contribution in [3.05, 3.63) is 18.1 Å². The van der Waals surface area contributed by atoms with Crippen LogP contribution >= 0.6 is 0 Å². The Labute approximate surface area is 147 Å². The maximum absolute atomic E-state index is 12.6. The maximum Gasteiger partial charge on any atom is 0.274 e. The molecule has 3 fully saturated rings. The molecule has 2 atom stereocenters. The largest absolute Gasteiger partial charge is 0.353 e. The van der Waals surface area contributed by atoms with E-state index in [1.807, 2.05) is 4.90 Å². The number of nitrogens with zero attached hydrogens (tertiary/aromatic N) is 4. The third kappa shape index (κ3) is 3.45. The Balaban J connectivity index is 1.50. The summed E-state index contributed by atoms with van der Waals surface area (Å²) in [6, 6.07) is 0.157. The molecule has 0 aromatic carbocycles. The fourth-order valence-electron chi connectivity index (χ4n) is 4.13. The van der Waals surface area contributed by atoms with Crippen LogP contribution in [0.4, 0.5) is 5.82 Å². The Morgan fingerprint density at radius 3 is 2.60 bits per heavy atom. The van der Waals surface area contributed by atoms with Gasteiger partial charge < -0.3 is 15.1 Å². The van der Waals surface area contributed by atoms with Gasteiger partial charge in [0.05, 0.1) is 18.4 Å². The second-order valence-electron chi connectivity index (χ2n) is 7.48. The molecule has 3 heterocycles. The van der Waals surface area contributed by atoms with E-state index < -0.39 is 0 Å². The van der Waals surface area contributed by atoms with Gasteiger partial charge in [0.15, 0.2) is 0 Å². The minimum Gasteiger partial charge on any atom is -0.353 e. The minimum atomic E-state index is -0.0248. The molecule has 1 saturated carbocycles. The van der Waals surface area contributed by atoms with Gasteiger partial charge in [-0.2, -0.15) is 0 Å². The van der Waals surface area contributed by atoms with Gasteiger partial charge in [0, 0.05) is 39.0 Å². The first-order valence-electron chi connectivity index (χ1n) is 9.25. The predicted octanol–water partition coefficient (Wildman–Crippen LogP) is 1.06. The van der Waals surface area contributed by atoms with Crippen LogP contribution in [-0.2, 0) is 4.79 Å². The van der Waals surface area contributed by atoms with Crippen LogP contribution in [0.2, 0.25) is 0 Å². The SMILES string of the molecule is CC(=O)N[C@@H]1CN(c2cncc(C(=O)N3CCCC3)n2)C[C@H]1C1CC1. The van der Waals surface area contributed by atoms with Crippen LogP contribution < -0.4 is 10.2 Å². The highest BCUT2D eigenvalue weighted by Crippen LogP contribution is 2.42. The average molecular weight is 343 g/mol. The molecule has 2 aliphatic heterocycles. The van der Waals surface area contributed by atoms with Crippen LogP contribution in [0.3, 0.4) is 0 Å². The van der Waals surface area contributed by atoms with Gasteiger partial charge in [0.1, 0.15) is 11.5 Å². The van der Waals surface area contributed by atoms with E-state index in [1.165, 1.54) is 12.8 Å². The number of likely N-dealkylation sites (tertiary alicyclic amines) is 1. The van der Waals surface area contributed by atoms with Gasteiger partial charge in [-0.15, -0.1) is 0 Å². The average Bonchev–Trinajstić information content (AvgIpc) is 3.14. The molecule has 7 heteroatoms. The molecule has 0 unspecified atom stereocenters. The molecule has 3 aliphatic rings. The Morgan fingerprint density at radius 1 is 1.16 bits per heavy atom. The third-order valence-electron chi connectivity index (χ3n) is 5.54. The zero-order valence-electron chi connectivity index (χ0n) is 14.6. The molecule has 7 nitrogen and oxygen atoms in total. The van der Waals surface area contributed by atoms with Crippen molar-refractivity contribution in [2.24, 2.45) is 11.8 Å². The van der Waals surface area contributed by atoms with Crippen LogP contribution in [0.15, 0.2) is 12.4 Å². The van der Waals surface area contributed by atoms with Gasteiger partial charge in [-0.3, -0.25) is 14.6 Å². The quantitative estimate of drug-likeness (QED) is 0.884. The number of rotatable bonds is 4. The molecule has 1 aromatic rings. The first kappa shape index (κ1) is 16.3. The van der Waals surface area contributed by atoms with E-state index in [1.54, 1.807) is 19.3 Å². The van der Waals surface area contributed by atoms with E-state index in [4.69, 9.17) is 0 Å². The molecule has 4 rings (SSSR count). The zero-order chi connectivity index (χ0) is 17.4. The molecule has 0 radical (unpaired) electrons. The van der Waals surface area contributed by atoms with Crippen molar-refractivity contribution in [1.82, 2.24) is 20.2 Å². The topological polar surface area (TPSA) is 78.4 Å². The number of amides is 2. The van der Waals surface area contributed by atoms with E-state index in [2.05, 4.69) is 20.2 Å². The smallest absolute Gasteiger partial charge is 0.274 e. The first-order valence-corrected chi connectivity index (χ1v) is 9.25. The lowest BCUT2D eigenvalue weighted by Gasteiger charge is -2.19. The number of carbonyl (C=O) groups is 2. The number of hydrogen-bond acceptors (Lipinski definition) is 5. The molecular weight excluding hydrogens is 318 g/mol. The number of nitrogens with one attached hydrogen (secondary N) is 1. The van der Waals surface area contributed by atoms with E-state index in [-0.39, 0.29) is 17.9 Å². The van der Waals surface area contributed by atoms with Gasteiger partial charge in [-0.05, 0) is 31.6 Å². The molecule has 2 amide bonds. The summed E-state index contributed by atoms with van der Waals surface area (Å²) in [5, 5.41) is 3.09. The molecule has 1 N–H and O–H groups in total. The lowest BCUT2D eigenvalue weighted by Crippen LogP contribution is -2.40. The van der Waals surface area contributed by atoms with E-state index in [9.17, 15) is 9.59 Å². The summed E-state index contributed by atoms with van der Waals surface area (Å²) >= 11 is 0. The highest BCUT2D eigenvalue weighted by Gasteiger charge is 2.43. The Bertz CT molecular complexity index is 669. The predicted molar refractivity (Wildman–Crippen MR) is 93.2 cm³/mol. The lowest BCUT2D eigenvalue weighted by molar-refractivity contribution is -0.119. The van der Waals surface area contributed by atoms with Crippen molar-refractivity contribution in [3.63, 3.8) is 0 Å². The van der Waals surface area contributed by atoms with E-state index in [0.717, 1.165) is 44.8 Å². The van der Waals surface area contributed by atoms with Crippen molar-refractivity contribution >= 4 is 17.6 Å². The number of hydrogen-bond donors (Lipinski definition) is 1. The Morgan fingerprint density at radius 2 is 1.92 bits per heavy atom. The molecule has 134 valence electrons. The van der Waals surface area contributed by atoms with E-state index >= 15 is 0 Å². The monoisotopic (exact) mass is 343 g/mol. The van der Waals surface area contributed by atoms with Crippen molar-refractivity contribution < 1.29 is 9.59 Å². The van der Waals surface area contributed by atoms with Crippen LogP contribution in [0.5, 0.6) is 0 Å². The highest BCUT2D eigenvalue weighted by atomic mass is 16.2. The van der Waals surface area contributed by atoms with Crippen LogP contribution in [0.25, 0.3) is 0 Å². The third-order valence-corrected chi connectivity index (χ3v) is 5.54. The molecule has 2 saturated heterocycles. The number of aromatic nitrogens is 2. The van der Waals surface area contributed by atoms with Gasteiger partial charge in [-0.25, -0.2) is 4.98 Å². The van der Waals surface area contributed by atoms with Crippen LogP contribution in [0.1, 0.15) is 43.1 Å². The summed E-state index contributed by atoms with van der Waals surface area (Å²) < 4.78 is 0. The van der Waals surface area contributed by atoms with Gasteiger partial charge in [0.2, 0.25) is 5.91 Å². The van der Waals surface area contributed by atoms with Crippen LogP contribution in [-0.4, -0.2) is 58.9 Å². The molecule has 0 bridgehead atoms. The summed E-state index contributed by atoms with van der Waals surface area (Å²) in [5.74, 6) is 1.89. The fraction of sp³-hybridized carbons (Fsp3) is 0.667. The normalized spacial score (nSPS) is 26.1. The van der Waals surface area contributed by atoms with Crippen molar-refractivity contribution in [2.75, 3.05) is 31.1 Å². The number of carbonyl (C=O) groups excluding carboxylic acids is 2. The minimum absolute atomic E-state index is 0.0153. The summed E-state index contributed by atoms with van der Waals surface area (Å²) in [5.41, 5.74) is 0.422. The van der Waals surface area contributed by atoms with E-state index in [0.29, 0.717) is 17.5 Å². The molecule has 0 spiro atoms. The molecule has 25 heavy (non-hydrogen) atoms. The van der Waals surface area contributed by atoms with Gasteiger partial charge in [-0.1, -0.05) is 0 Å². The van der Waals surface area contributed by atoms with Crippen molar-refractivity contribution in [1.29, 1.82) is 0 Å². The molecule has 1 aliphatic carbocycles. The van der Waals surface area contributed by atoms with Gasteiger partial charge in [0.25, 0.3) is 5.91 Å². The summed E-state index contributed by atoms with van der Waals surface area (Å²) in [7, 11) is 0. The molecular formula is C18H25N5O2. The fourth-order valence-corrected chi connectivity index (χ4v) is 4.13. The summed E-state index contributed by atoms with van der Waals surface area (Å²) in [6.07, 6.45) is 7.89. The lowest BCUT2D eigenvalue weighted by atomic mass is 9.98. The number of anilines is 1. The zero-order valence-corrected chi connectivity index (χ0v) is 14.6. The summed E-state index contributed by atoms with van der Waals surface area (Å²) in [4.78, 5) is 36.9. The Hall–Kier alpha value is -2.18. The highest BCUT2D eigenvalue weighted by molar-refractivity contribution is 5.92. The molecule has 1 aromatic heterocycles. The van der Waals surface area contributed by atoms with Gasteiger partial charge >= 0.3 is 0 Å². The second kappa shape index (κ2) is 6.61. The first-order chi connectivity index (χ1) is 12.1. The maximum atomic E-state index is 12.6. The second-order valence-corrected chi connectivity index (χ2v) is 7.48.